The van der Waals surface area contributed by atoms with Gasteiger partial charge in [0.15, 0.2) is 11.0 Å². The molecule has 0 fully saturated rings. The molecule has 0 saturated heterocycles. The van der Waals surface area contributed by atoms with Crippen LogP contribution in [0.3, 0.4) is 0 Å². The second-order valence-corrected chi connectivity index (χ2v) is 2.66. The molecule has 1 N–H and O–H groups in total. The smallest absolute Gasteiger partial charge is 0.339 e. The summed E-state index contributed by atoms with van der Waals surface area (Å²) in [4.78, 5) is 13.5. The number of nitrogens with zero attached hydrogens (tertiary/aromatic N) is 1. The van der Waals surface area contributed by atoms with Crippen LogP contribution in [0.5, 0.6) is 0 Å². The minimum Gasteiger partial charge on any atom is -0.478 e. The summed E-state index contributed by atoms with van der Waals surface area (Å²) in [7, 11) is 0. The van der Waals surface area contributed by atoms with Crippen LogP contribution in [0.1, 0.15) is 22.3 Å². The van der Waals surface area contributed by atoms with Gasteiger partial charge in [-0.25, -0.2) is 22.9 Å². The fourth-order valence-corrected chi connectivity index (χ4v) is 1.00. The van der Waals surface area contributed by atoms with Crippen molar-refractivity contribution in [3.8, 4) is 0 Å². The number of rotatable bonds is 2. The molecule has 1 aromatic rings. The first-order valence-electron chi connectivity index (χ1n) is 3.30. The standard InChI is InChI=1S/C7H3ClF3NO2/c8-5-4(9)3(7(13)14)2(1-12-5)6(10)11/h1,6H,(H,13,14). The van der Waals surface area contributed by atoms with Crippen LogP contribution in [0.4, 0.5) is 13.2 Å². The Bertz CT molecular complexity index is 383. The monoisotopic (exact) mass is 225 g/mol. The zero-order valence-corrected chi connectivity index (χ0v) is 7.23. The van der Waals surface area contributed by atoms with Gasteiger partial charge in [0.2, 0.25) is 0 Å². The minimum atomic E-state index is -3.11. The lowest BCUT2D eigenvalue weighted by Gasteiger charge is -2.05. The molecular formula is C7H3ClF3NO2. The third-order valence-corrected chi connectivity index (χ3v) is 1.72. The van der Waals surface area contributed by atoms with Crippen LogP contribution in [0.2, 0.25) is 5.15 Å². The zero-order chi connectivity index (χ0) is 10.9. The van der Waals surface area contributed by atoms with Crippen LogP contribution in [0.15, 0.2) is 6.20 Å². The van der Waals surface area contributed by atoms with Crippen LogP contribution in [0, 0.1) is 5.82 Å². The molecule has 0 amide bonds. The summed E-state index contributed by atoms with van der Waals surface area (Å²) < 4.78 is 37.3. The maximum absolute atomic E-state index is 13.0. The van der Waals surface area contributed by atoms with Gasteiger partial charge in [-0.3, -0.25) is 0 Å². The molecule has 0 atom stereocenters. The van der Waals surface area contributed by atoms with Crippen molar-refractivity contribution in [2.24, 2.45) is 0 Å². The number of aromatic carboxylic acids is 1. The molecule has 0 aliphatic heterocycles. The van der Waals surface area contributed by atoms with E-state index in [1.165, 1.54) is 0 Å². The number of pyridine rings is 1. The molecule has 0 bridgehead atoms. The second-order valence-electron chi connectivity index (χ2n) is 2.30. The Hall–Kier alpha value is -1.30. The third kappa shape index (κ3) is 1.79. The van der Waals surface area contributed by atoms with E-state index in [1.807, 2.05) is 0 Å². The lowest BCUT2D eigenvalue weighted by molar-refractivity contribution is 0.0678. The first-order chi connectivity index (χ1) is 6.45. The van der Waals surface area contributed by atoms with Crippen LogP contribution in [-0.2, 0) is 0 Å². The topological polar surface area (TPSA) is 50.2 Å². The average molecular weight is 226 g/mol. The molecule has 0 aliphatic carbocycles. The van der Waals surface area contributed by atoms with Gasteiger partial charge in [-0.2, -0.15) is 0 Å². The van der Waals surface area contributed by atoms with E-state index < -0.39 is 34.5 Å². The molecule has 0 unspecified atom stereocenters. The maximum atomic E-state index is 13.0. The Morgan fingerprint density at radius 3 is 2.57 bits per heavy atom. The van der Waals surface area contributed by atoms with Gasteiger partial charge in [0.1, 0.15) is 5.56 Å². The predicted octanol–water partition coefficient (Wildman–Crippen LogP) is 2.51. The number of carboxylic acids is 1. The molecule has 0 saturated carbocycles. The van der Waals surface area contributed by atoms with E-state index in [4.69, 9.17) is 16.7 Å². The Kier molecular flexibility index (Phi) is 2.95. The summed E-state index contributed by atoms with van der Waals surface area (Å²) in [5, 5.41) is 7.72. The average Bonchev–Trinajstić information content (AvgIpc) is 2.08. The third-order valence-electron chi connectivity index (χ3n) is 1.46. The lowest BCUT2D eigenvalue weighted by atomic mass is 10.1. The largest absolute Gasteiger partial charge is 0.478 e. The van der Waals surface area contributed by atoms with Crippen molar-refractivity contribution in [3.63, 3.8) is 0 Å². The molecule has 0 aliphatic rings. The molecule has 1 rings (SSSR count). The number of hydrogen-bond donors (Lipinski definition) is 1. The van der Waals surface area contributed by atoms with Crippen molar-refractivity contribution in [2.75, 3.05) is 0 Å². The molecule has 1 aromatic heterocycles. The molecular weight excluding hydrogens is 223 g/mol. The van der Waals surface area contributed by atoms with Gasteiger partial charge in [0.25, 0.3) is 6.43 Å². The fourth-order valence-electron chi connectivity index (χ4n) is 0.860. The van der Waals surface area contributed by atoms with E-state index >= 15 is 0 Å². The summed E-state index contributed by atoms with van der Waals surface area (Å²) in [5.41, 5.74) is -2.13. The zero-order valence-electron chi connectivity index (χ0n) is 6.47. The summed E-state index contributed by atoms with van der Waals surface area (Å²) in [6.45, 7) is 0. The number of halogens is 4. The van der Waals surface area contributed by atoms with E-state index in [9.17, 15) is 18.0 Å². The van der Waals surface area contributed by atoms with Gasteiger partial charge in [-0.1, -0.05) is 11.6 Å². The van der Waals surface area contributed by atoms with Gasteiger partial charge in [-0.05, 0) is 0 Å². The molecule has 14 heavy (non-hydrogen) atoms. The van der Waals surface area contributed by atoms with E-state index in [0.29, 0.717) is 6.20 Å². The summed E-state index contributed by atoms with van der Waals surface area (Å²) >= 11 is 5.14. The molecule has 0 spiro atoms. The van der Waals surface area contributed by atoms with E-state index in [-0.39, 0.29) is 0 Å². The predicted molar refractivity (Wildman–Crippen MR) is 41.1 cm³/mol. The number of hydrogen-bond acceptors (Lipinski definition) is 2. The Morgan fingerprint density at radius 1 is 1.57 bits per heavy atom. The molecule has 0 radical (unpaired) electrons. The van der Waals surface area contributed by atoms with Crippen molar-refractivity contribution in [1.29, 1.82) is 0 Å². The highest BCUT2D eigenvalue weighted by Gasteiger charge is 2.24. The van der Waals surface area contributed by atoms with Gasteiger partial charge in [0, 0.05) is 6.20 Å². The van der Waals surface area contributed by atoms with Crippen molar-refractivity contribution >= 4 is 17.6 Å². The Balaban J connectivity index is 3.45. The lowest BCUT2D eigenvalue weighted by Crippen LogP contribution is -2.08. The van der Waals surface area contributed by atoms with Crippen LogP contribution in [0.25, 0.3) is 0 Å². The fraction of sp³-hybridized carbons (Fsp3) is 0.143. The van der Waals surface area contributed by atoms with Crippen molar-refractivity contribution < 1.29 is 23.1 Å². The maximum Gasteiger partial charge on any atom is 0.339 e. The van der Waals surface area contributed by atoms with Crippen LogP contribution >= 0.6 is 11.6 Å². The van der Waals surface area contributed by atoms with Crippen molar-refractivity contribution in [2.45, 2.75) is 6.43 Å². The molecule has 76 valence electrons. The normalized spacial score (nSPS) is 10.6. The SMILES string of the molecule is O=C(O)c1c(C(F)F)cnc(Cl)c1F. The number of carboxylic acid groups (broad SMARTS) is 1. The quantitative estimate of drug-likeness (QED) is 0.787. The summed E-state index contributed by atoms with van der Waals surface area (Å²) in [5.74, 6) is -3.25. The van der Waals surface area contributed by atoms with Crippen molar-refractivity contribution in [3.05, 3.63) is 28.3 Å². The van der Waals surface area contributed by atoms with E-state index in [2.05, 4.69) is 4.98 Å². The van der Waals surface area contributed by atoms with E-state index in [0.717, 1.165) is 0 Å². The van der Waals surface area contributed by atoms with E-state index in [1.54, 1.807) is 0 Å². The number of alkyl halides is 2. The first kappa shape index (κ1) is 10.8. The Morgan fingerprint density at radius 2 is 2.14 bits per heavy atom. The van der Waals surface area contributed by atoms with Gasteiger partial charge in [0.05, 0.1) is 5.56 Å². The van der Waals surface area contributed by atoms with Gasteiger partial charge < -0.3 is 5.11 Å². The Labute approximate surface area is 81.1 Å². The van der Waals surface area contributed by atoms with Gasteiger partial charge >= 0.3 is 5.97 Å². The highest BCUT2D eigenvalue weighted by molar-refractivity contribution is 6.29. The van der Waals surface area contributed by atoms with Crippen LogP contribution in [-0.4, -0.2) is 16.1 Å². The minimum absolute atomic E-state index is 0.541. The highest BCUT2D eigenvalue weighted by atomic mass is 35.5. The second kappa shape index (κ2) is 3.83. The molecule has 1 heterocycles. The molecule has 3 nitrogen and oxygen atoms in total. The number of carbonyl (C=O) groups is 1. The number of aromatic nitrogens is 1. The molecule has 0 aromatic carbocycles. The first-order valence-corrected chi connectivity index (χ1v) is 3.68. The van der Waals surface area contributed by atoms with Crippen molar-refractivity contribution in [1.82, 2.24) is 4.98 Å². The highest BCUT2D eigenvalue weighted by Crippen LogP contribution is 2.27. The molecule has 7 heteroatoms. The van der Waals surface area contributed by atoms with Crippen LogP contribution < -0.4 is 0 Å². The van der Waals surface area contributed by atoms with Gasteiger partial charge in [-0.15, -0.1) is 0 Å². The summed E-state index contributed by atoms with van der Waals surface area (Å²) in [6.07, 6.45) is -2.57. The summed E-state index contributed by atoms with van der Waals surface area (Å²) in [6, 6.07) is 0.